The van der Waals surface area contributed by atoms with Gasteiger partial charge in [-0.3, -0.25) is 4.72 Å². The van der Waals surface area contributed by atoms with Gasteiger partial charge < -0.3 is 4.74 Å². The van der Waals surface area contributed by atoms with E-state index in [2.05, 4.69) is 19.8 Å². The molecule has 8 nitrogen and oxygen atoms in total. The van der Waals surface area contributed by atoms with Crippen LogP contribution in [0.25, 0.3) is 5.82 Å². The highest BCUT2D eigenvalue weighted by Gasteiger charge is 2.17. The third-order valence-corrected chi connectivity index (χ3v) is 6.33. The average Bonchev–Trinajstić information content (AvgIpc) is 3.02. The van der Waals surface area contributed by atoms with E-state index in [1.165, 1.54) is 30.6 Å². The van der Waals surface area contributed by atoms with E-state index in [4.69, 9.17) is 4.74 Å². The van der Waals surface area contributed by atoms with Gasteiger partial charge in [-0.05, 0) is 62.7 Å². The second-order valence-electron chi connectivity index (χ2n) is 7.26. The predicted molar refractivity (Wildman–Crippen MR) is 117 cm³/mol. The molecule has 0 saturated heterocycles. The number of nitrogens with one attached hydrogen (secondary N) is 1. The maximum Gasteiger partial charge on any atom is 0.262 e. The van der Waals surface area contributed by atoms with Crippen LogP contribution in [0.3, 0.4) is 0 Å². The number of aryl methyl sites for hydroxylation is 1. The Hall–Kier alpha value is -3.86. The minimum atomic E-state index is -4.17. The fourth-order valence-corrected chi connectivity index (χ4v) is 4.15. The third kappa shape index (κ3) is 4.82. The van der Waals surface area contributed by atoms with Crippen LogP contribution in [0.5, 0.6) is 11.6 Å². The maximum absolute atomic E-state index is 13.4. The third-order valence-electron chi connectivity index (χ3n) is 4.97. The smallest absolute Gasteiger partial charge is 0.262 e. The van der Waals surface area contributed by atoms with E-state index < -0.39 is 26.6 Å². The van der Waals surface area contributed by atoms with Crippen molar-refractivity contribution in [1.29, 1.82) is 0 Å². The molecule has 2 aromatic heterocycles. The van der Waals surface area contributed by atoms with E-state index in [9.17, 15) is 17.2 Å². The molecule has 4 rings (SSSR count). The largest absolute Gasteiger partial charge is 0.439 e. The second-order valence-corrected chi connectivity index (χ2v) is 8.94. The Morgan fingerprint density at radius 2 is 1.61 bits per heavy atom. The number of sulfonamides is 1. The number of rotatable bonds is 6. The summed E-state index contributed by atoms with van der Waals surface area (Å²) in [5.74, 6) is -0.768. The van der Waals surface area contributed by atoms with E-state index in [1.807, 2.05) is 20.8 Å². The lowest BCUT2D eigenvalue weighted by atomic mass is 10.2. The molecule has 0 atom stereocenters. The Bertz CT molecular complexity index is 1420. The van der Waals surface area contributed by atoms with Gasteiger partial charge in [-0.25, -0.2) is 31.8 Å². The quantitative estimate of drug-likeness (QED) is 0.446. The highest BCUT2D eigenvalue weighted by molar-refractivity contribution is 7.92. The van der Waals surface area contributed by atoms with Gasteiger partial charge in [-0.2, -0.15) is 5.10 Å². The number of hydrogen-bond acceptors (Lipinski definition) is 6. The second kappa shape index (κ2) is 8.58. The molecule has 0 radical (unpaired) electrons. The number of aromatic nitrogens is 4. The molecule has 2 heterocycles. The standard InChI is InChI=1S/C22H19F2N5O3S/c1-13-14(2)27-29(15(13)3)21-11-22(26-12-25-21)32-19-6-4-18(5-7-19)28-33(30,31)20-9-16(23)8-17(24)10-20/h4-12,28H,1-3H3. The zero-order valence-corrected chi connectivity index (χ0v) is 18.7. The van der Waals surface area contributed by atoms with Gasteiger partial charge in [0.1, 0.15) is 23.7 Å². The molecule has 0 spiro atoms. The van der Waals surface area contributed by atoms with Crippen molar-refractivity contribution in [2.75, 3.05) is 4.72 Å². The van der Waals surface area contributed by atoms with E-state index in [0.717, 1.165) is 29.1 Å². The molecule has 0 aliphatic carbocycles. The Morgan fingerprint density at radius 3 is 2.21 bits per heavy atom. The number of anilines is 1. The zero-order valence-electron chi connectivity index (χ0n) is 17.9. The van der Waals surface area contributed by atoms with Crippen LogP contribution in [0.2, 0.25) is 0 Å². The number of hydrogen-bond donors (Lipinski definition) is 1. The van der Waals surface area contributed by atoms with Gasteiger partial charge >= 0.3 is 0 Å². The van der Waals surface area contributed by atoms with Crippen molar-refractivity contribution in [2.24, 2.45) is 0 Å². The maximum atomic E-state index is 13.4. The number of halogens is 2. The van der Waals surface area contributed by atoms with Crippen molar-refractivity contribution >= 4 is 15.7 Å². The molecule has 33 heavy (non-hydrogen) atoms. The van der Waals surface area contributed by atoms with Crippen LogP contribution in [0.1, 0.15) is 17.0 Å². The lowest BCUT2D eigenvalue weighted by Gasteiger charge is -2.10. The monoisotopic (exact) mass is 471 g/mol. The Balaban J connectivity index is 1.51. The van der Waals surface area contributed by atoms with E-state index in [0.29, 0.717) is 17.6 Å². The van der Waals surface area contributed by atoms with Gasteiger partial charge in [-0.1, -0.05) is 0 Å². The molecule has 0 fully saturated rings. The van der Waals surface area contributed by atoms with Gasteiger partial charge in [-0.15, -0.1) is 0 Å². The van der Waals surface area contributed by atoms with Crippen LogP contribution < -0.4 is 9.46 Å². The number of nitrogens with zero attached hydrogens (tertiary/aromatic N) is 4. The highest BCUT2D eigenvalue weighted by atomic mass is 32.2. The molecular weight excluding hydrogens is 452 g/mol. The summed E-state index contributed by atoms with van der Waals surface area (Å²) in [6, 6.07) is 9.66. The van der Waals surface area contributed by atoms with Crippen molar-refractivity contribution in [2.45, 2.75) is 25.7 Å². The van der Waals surface area contributed by atoms with Crippen LogP contribution >= 0.6 is 0 Å². The lowest BCUT2D eigenvalue weighted by molar-refractivity contribution is 0.460. The van der Waals surface area contributed by atoms with E-state index in [-0.39, 0.29) is 11.6 Å². The SMILES string of the molecule is Cc1nn(-c2cc(Oc3ccc(NS(=O)(=O)c4cc(F)cc(F)c4)cc3)ncn2)c(C)c1C. The number of ether oxygens (including phenoxy) is 1. The summed E-state index contributed by atoms with van der Waals surface area (Å²) < 4.78 is 61.3. The van der Waals surface area contributed by atoms with Gasteiger partial charge in [0, 0.05) is 23.5 Å². The molecule has 0 aliphatic heterocycles. The first-order valence-electron chi connectivity index (χ1n) is 9.74. The van der Waals surface area contributed by atoms with Crippen molar-refractivity contribution in [3.8, 4) is 17.4 Å². The van der Waals surface area contributed by atoms with E-state index in [1.54, 1.807) is 10.7 Å². The minimum absolute atomic E-state index is 0.188. The van der Waals surface area contributed by atoms with Crippen molar-refractivity contribution in [3.05, 3.63) is 83.4 Å². The normalized spacial score (nSPS) is 11.4. The summed E-state index contributed by atoms with van der Waals surface area (Å²) in [6.07, 6.45) is 1.36. The Morgan fingerprint density at radius 1 is 0.939 bits per heavy atom. The Labute approximate surface area is 188 Å². The average molecular weight is 471 g/mol. The summed E-state index contributed by atoms with van der Waals surface area (Å²) in [5.41, 5.74) is 3.10. The van der Waals surface area contributed by atoms with Crippen molar-refractivity contribution in [1.82, 2.24) is 19.7 Å². The molecular formula is C22H19F2N5O3S. The van der Waals surface area contributed by atoms with E-state index >= 15 is 0 Å². The van der Waals surface area contributed by atoms with Crippen LogP contribution in [0.4, 0.5) is 14.5 Å². The first-order valence-corrected chi connectivity index (χ1v) is 11.2. The topological polar surface area (TPSA) is 99.0 Å². The zero-order chi connectivity index (χ0) is 23.8. The molecule has 0 bridgehead atoms. The summed E-state index contributed by atoms with van der Waals surface area (Å²) in [5, 5.41) is 4.47. The first kappa shape index (κ1) is 22.3. The molecule has 1 N–H and O–H groups in total. The van der Waals surface area contributed by atoms with Gasteiger partial charge in [0.15, 0.2) is 5.82 Å². The summed E-state index contributed by atoms with van der Waals surface area (Å²) in [6.45, 7) is 5.83. The minimum Gasteiger partial charge on any atom is -0.439 e. The van der Waals surface area contributed by atoms with Gasteiger partial charge in [0.25, 0.3) is 10.0 Å². The molecule has 0 saturated carbocycles. The molecule has 170 valence electrons. The lowest BCUT2D eigenvalue weighted by Crippen LogP contribution is -2.13. The fraction of sp³-hybridized carbons (Fsp3) is 0.136. The molecule has 0 unspecified atom stereocenters. The number of benzene rings is 2. The van der Waals surface area contributed by atoms with Crippen LogP contribution in [-0.2, 0) is 10.0 Å². The molecule has 4 aromatic rings. The van der Waals surface area contributed by atoms with Crippen LogP contribution in [0.15, 0.2) is 59.8 Å². The summed E-state index contributed by atoms with van der Waals surface area (Å²) in [4.78, 5) is 7.82. The molecule has 0 aliphatic rings. The molecule has 11 heteroatoms. The van der Waals surface area contributed by atoms with Crippen LogP contribution in [0, 0.1) is 32.4 Å². The fourth-order valence-electron chi connectivity index (χ4n) is 3.05. The first-order chi connectivity index (χ1) is 15.6. The van der Waals surface area contributed by atoms with Crippen LogP contribution in [-0.4, -0.2) is 28.2 Å². The van der Waals surface area contributed by atoms with Crippen molar-refractivity contribution < 1.29 is 21.9 Å². The molecule has 0 amide bonds. The van der Waals surface area contributed by atoms with Gasteiger partial charge in [0.05, 0.1) is 10.6 Å². The predicted octanol–water partition coefficient (Wildman–Crippen LogP) is 4.46. The Kier molecular flexibility index (Phi) is 5.81. The highest BCUT2D eigenvalue weighted by Crippen LogP contribution is 2.25. The van der Waals surface area contributed by atoms with Gasteiger partial charge in [0.2, 0.25) is 5.88 Å². The summed E-state index contributed by atoms with van der Waals surface area (Å²) >= 11 is 0. The van der Waals surface area contributed by atoms with Crippen molar-refractivity contribution in [3.63, 3.8) is 0 Å². The summed E-state index contributed by atoms with van der Waals surface area (Å²) in [7, 11) is -4.17. The molecule has 2 aromatic carbocycles.